The van der Waals surface area contributed by atoms with Gasteiger partial charge < -0.3 is 9.47 Å². The van der Waals surface area contributed by atoms with Crippen LogP contribution in [0.4, 0.5) is 0 Å². The molecule has 0 aromatic heterocycles. The minimum absolute atomic E-state index is 0.0660. The fourth-order valence-corrected chi connectivity index (χ4v) is 4.03. The first-order valence-electron chi connectivity index (χ1n) is 8.10. The van der Waals surface area contributed by atoms with E-state index in [-0.39, 0.29) is 18.3 Å². The van der Waals surface area contributed by atoms with E-state index in [1.165, 1.54) is 0 Å². The Morgan fingerprint density at radius 3 is 2.24 bits per heavy atom. The first kappa shape index (κ1) is 23.6. The molecule has 2 aromatic rings. The lowest BCUT2D eigenvalue weighted by Crippen LogP contribution is -2.50. The molecule has 2 rings (SSSR count). The van der Waals surface area contributed by atoms with Crippen LogP contribution in [0.15, 0.2) is 49.8 Å². The van der Waals surface area contributed by atoms with Crippen LogP contribution in [-0.2, 0) is 9.59 Å². The zero-order valence-electron chi connectivity index (χ0n) is 15.1. The lowest BCUT2D eigenvalue weighted by Gasteiger charge is -2.13. The molecule has 7 nitrogen and oxygen atoms in total. The number of hydrogen-bond acceptors (Lipinski definition) is 5. The Hall–Kier alpha value is -1.69. The number of amides is 2. The van der Waals surface area contributed by atoms with Gasteiger partial charge >= 0.3 is 0 Å². The molecule has 29 heavy (non-hydrogen) atoms. The van der Waals surface area contributed by atoms with Gasteiger partial charge in [-0.05, 0) is 77.0 Å². The minimum atomic E-state index is -0.470. The summed E-state index contributed by atoms with van der Waals surface area (Å²) >= 11 is 15.0. The molecule has 0 spiro atoms. The van der Waals surface area contributed by atoms with Crippen LogP contribution < -0.4 is 25.6 Å². The van der Waals surface area contributed by atoms with Crippen LogP contribution in [0.3, 0.4) is 0 Å². The number of hydrazine groups is 1. The maximum atomic E-state index is 11.9. The summed E-state index contributed by atoms with van der Waals surface area (Å²) in [5.74, 6) is 0.165. The predicted molar refractivity (Wildman–Crippen MR) is 124 cm³/mol. The van der Waals surface area contributed by atoms with Crippen molar-refractivity contribution in [2.75, 3.05) is 13.2 Å². The van der Waals surface area contributed by atoms with Crippen molar-refractivity contribution >= 4 is 76.9 Å². The summed E-state index contributed by atoms with van der Waals surface area (Å²) < 4.78 is 13.4. The molecule has 2 amide bonds. The Kier molecular flexibility index (Phi) is 9.34. The second kappa shape index (κ2) is 11.5. The zero-order chi connectivity index (χ0) is 21.4. The predicted octanol–water partition coefficient (Wildman–Crippen LogP) is 3.76. The number of carbonyl (C=O) groups is 2. The van der Waals surface area contributed by atoms with E-state index in [0.717, 1.165) is 19.0 Å². The van der Waals surface area contributed by atoms with Crippen molar-refractivity contribution in [2.24, 2.45) is 0 Å². The Morgan fingerprint density at radius 2 is 1.59 bits per heavy atom. The summed E-state index contributed by atoms with van der Waals surface area (Å²) in [6, 6.07) is 10.7. The van der Waals surface area contributed by atoms with Crippen LogP contribution in [0.2, 0.25) is 0 Å². The van der Waals surface area contributed by atoms with Crippen LogP contribution in [0, 0.1) is 6.92 Å². The van der Waals surface area contributed by atoms with Crippen LogP contribution in [-0.4, -0.2) is 30.1 Å². The van der Waals surface area contributed by atoms with E-state index < -0.39 is 11.8 Å². The lowest BCUT2D eigenvalue weighted by molar-refractivity contribution is -0.124. The van der Waals surface area contributed by atoms with Gasteiger partial charge in [0.2, 0.25) is 0 Å². The number of thiocarbonyl (C=S) groups is 1. The van der Waals surface area contributed by atoms with Gasteiger partial charge in [-0.2, -0.15) is 0 Å². The van der Waals surface area contributed by atoms with Crippen molar-refractivity contribution in [3.8, 4) is 11.5 Å². The summed E-state index contributed by atoms with van der Waals surface area (Å²) in [4.78, 5) is 23.7. The molecule has 154 valence electrons. The normalized spacial score (nSPS) is 10.1. The van der Waals surface area contributed by atoms with E-state index in [0.29, 0.717) is 11.5 Å². The van der Waals surface area contributed by atoms with Crippen molar-refractivity contribution in [3.05, 3.63) is 55.4 Å². The van der Waals surface area contributed by atoms with Gasteiger partial charge in [0, 0.05) is 8.95 Å². The van der Waals surface area contributed by atoms with Crippen LogP contribution >= 0.6 is 60.0 Å². The highest BCUT2D eigenvalue weighted by atomic mass is 79.9. The third kappa shape index (κ3) is 8.29. The summed E-state index contributed by atoms with van der Waals surface area (Å²) in [5.41, 5.74) is 5.64. The van der Waals surface area contributed by atoms with Gasteiger partial charge in [0.05, 0.1) is 4.47 Å². The van der Waals surface area contributed by atoms with Gasteiger partial charge in [0.25, 0.3) is 11.8 Å². The van der Waals surface area contributed by atoms with Crippen LogP contribution in [0.5, 0.6) is 11.5 Å². The summed E-state index contributed by atoms with van der Waals surface area (Å²) in [6.45, 7) is 1.40. The monoisotopic (exact) mass is 607 g/mol. The molecule has 3 N–H and O–H groups in total. The highest BCUT2D eigenvalue weighted by Crippen LogP contribution is 2.32. The number of rotatable bonds is 6. The minimum Gasteiger partial charge on any atom is -0.484 e. The number of benzene rings is 2. The third-order valence-corrected chi connectivity index (χ3v) is 5.07. The first-order chi connectivity index (χ1) is 13.7. The average molecular weight is 610 g/mol. The molecule has 2 aromatic carbocycles. The Morgan fingerprint density at radius 1 is 0.931 bits per heavy atom. The quantitative estimate of drug-likeness (QED) is 0.342. The third-order valence-electron chi connectivity index (χ3n) is 3.29. The van der Waals surface area contributed by atoms with E-state index >= 15 is 0 Å². The molecule has 11 heteroatoms. The zero-order valence-corrected chi connectivity index (χ0v) is 20.6. The Bertz CT molecular complexity index is 887. The van der Waals surface area contributed by atoms with Crippen molar-refractivity contribution in [1.82, 2.24) is 16.2 Å². The van der Waals surface area contributed by atoms with E-state index in [1.54, 1.807) is 24.3 Å². The molecule has 0 fully saturated rings. The van der Waals surface area contributed by atoms with E-state index in [1.807, 2.05) is 19.1 Å². The highest BCUT2D eigenvalue weighted by molar-refractivity contribution is 9.11. The maximum absolute atomic E-state index is 11.9. The number of aryl methyl sites for hydroxylation is 1. The molecule has 0 unspecified atom stereocenters. The first-order valence-corrected chi connectivity index (χ1v) is 10.9. The smallest absolute Gasteiger partial charge is 0.276 e. The standard InChI is InChI=1S/C18H16Br3N3O4S/c1-10-6-12(20)7-14(21)17(10)28-9-16(26)23-24-18(29)22-15(25)8-27-13-4-2-11(19)3-5-13/h2-7H,8-9H2,1H3,(H,23,26)(H2,22,24,25,29). The summed E-state index contributed by atoms with van der Waals surface area (Å²) in [6.07, 6.45) is 0. The van der Waals surface area contributed by atoms with Crippen molar-refractivity contribution in [2.45, 2.75) is 6.92 Å². The molecule has 0 heterocycles. The molecular formula is C18H16Br3N3O4S. The number of nitrogens with one attached hydrogen (secondary N) is 3. The molecule has 0 aliphatic carbocycles. The van der Waals surface area contributed by atoms with Gasteiger partial charge in [-0.25, -0.2) is 0 Å². The molecule has 0 saturated heterocycles. The highest BCUT2D eigenvalue weighted by Gasteiger charge is 2.11. The molecule has 0 atom stereocenters. The van der Waals surface area contributed by atoms with Crippen LogP contribution in [0.1, 0.15) is 5.56 Å². The molecule has 0 aliphatic rings. The number of hydrogen-bond donors (Lipinski definition) is 3. The fourth-order valence-electron chi connectivity index (χ4n) is 2.05. The summed E-state index contributed by atoms with van der Waals surface area (Å²) in [5, 5.41) is 2.33. The molecule has 0 bridgehead atoms. The Balaban J connectivity index is 1.69. The van der Waals surface area contributed by atoms with Crippen LogP contribution in [0.25, 0.3) is 0 Å². The molecule has 0 radical (unpaired) electrons. The SMILES string of the molecule is Cc1cc(Br)cc(Br)c1OCC(=O)NNC(=S)NC(=O)COc1ccc(Br)cc1. The van der Waals surface area contributed by atoms with Gasteiger partial charge in [-0.3, -0.25) is 25.8 Å². The van der Waals surface area contributed by atoms with E-state index in [2.05, 4.69) is 64.0 Å². The maximum Gasteiger partial charge on any atom is 0.276 e. The number of ether oxygens (including phenoxy) is 2. The molecule has 0 saturated carbocycles. The van der Waals surface area contributed by atoms with Gasteiger partial charge in [0.15, 0.2) is 18.3 Å². The average Bonchev–Trinajstić information content (AvgIpc) is 2.65. The van der Waals surface area contributed by atoms with Crippen molar-refractivity contribution in [1.29, 1.82) is 0 Å². The fraction of sp³-hybridized carbons (Fsp3) is 0.167. The summed E-state index contributed by atoms with van der Waals surface area (Å²) in [7, 11) is 0. The second-order valence-corrected chi connectivity index (χ2v) is 8.71. The largest absolute Gasteiger partial charge is 0.484 e. The number of halogens is 3. The van der Waals surface area contributed by atoms with E-state index in [9.17, 15) is 9.59 Å². The topological polar surface area (TPSA) is 88.7 Å². The molecular weight excluding hydrogens is 594 g/mol. The van der Waals surface area contributed by atoms with Crippen molar-refractivity contribution < 1.29 is 19.1 Å². The lowest BCUT2D eigenvalue weighted by atomic mass is 10.2. The van der Waals surface area contributed by atoms with E-state index in [4.69, 9.17) is 21.7 Å². The Labute approximate surface area is 198 Å². The second-order valence-electron chi connectivity index (χ2n) is 5.62. The molecule has 0 aliphatic heterocycles. The van der Waals surface area contributed by atoms with Gasteiger partial charge in [0.1, 0.15) is 11.5 Å². The van der Waals surface area contributed by atoms with Gasteiger partial charge in [-0.1, -0.05) is 31.9 Å². The van der Waals surface area contributed by atoms with Crippen molar-refractivity contribution in [3.63, 3.8) is 0 Å². The number of carbonyl (C=O) groups excluding carboxylic acids is 2. The van der Waals surface area contributed by atoms with Gasteiger partial charge in [-0.15, -0.1) is 0 Å².